The van der Waals surface area contributed by atoms with Crippen LogP contribution in [0.2, 0.25) is 5.02 Å². The molecule has 23 heavy (non-hydrogen) atoms. The van der Waals surface area contributed by atoms with Crippen molar-refractivity contribution < 1.29 is 22.4 Å². The fourth-order valence-electron chi connectivity index (χ4n) is 2.49. The van der Waals surface area contributed by atoms with Crippen LogP contribution in [0.3, 0.4) is 0 Å². The number of amides is 1. The van der Waals surface area contributed by atoms with Crippen molar-refractivity contribution in [3.8, 4) is 0 Å². The van der Waals surface area contributed by atoms with Gasteiger partial charge in [0.05, 0.1) is 12.2 Å². The van der Waals surface area contributed by atoms with Crippen LogP contribution in [-0.2, 0) is 4.79 Å². The van der Waals surface area contributed by atoms with Gasteiger partial charge in [0, 0.05) is 17.6 Å². The van der Waals surface area contributed by atoms with Gasteiger partial charge in [-0.25, -0.2) is 9.29 Å². The summed E-state index contributed by atoms with van der Waals surface area (Å²) in [6, 6.07) is 2.32. The summed E-state index contributed by atoms with van der Waals surface area (Å²) in [5, 5.41) is 0.160. The Bertz CT molecular complexity index is 757. The van der Waals surface area contributed by atoms with Crippen molar-refractivity contribution in [2.45, 2.75) is 13.1 Å². The fourth-order valence-corrected chi connectivity index (χ4v) is 2.64. The van der Waals surface area contributed by atoms with E-state index < -0.39 is 23.6 Å². The zero-order chi connectivity index (χ0) is 16.9. The van der Waals surface area contributed by atoms with Crippen LogP contribution in [0.15, 0.2) is 28.9 Å². The average molecular weight is 348 g/mol. The van der Waals surface area contributed by atoms with Crippen molar-refractivity contribution in [1.82, 2.24) is 4.90 Å². The van der Waals surface area contributed by atoms with Gasteiger partial charge in [-0.2, -0.15) is 13.2 Å². The van der Waals surface area contributed by atoms with E-state index in [-0.39, 0.29) is 29.8 Å². The summed E-state index contributed by atoms with van der Waals surface area (Å²) < 4.78 is 53.3. The number of guanidine groups is 1. The van der Waals surface area contributed by atoms with E-state index in [4.69, 9.17) is 11.6 Å². The molecule has 1 aromatic carbocycles. The number of rotatable bonds is 1. The monoisotopic (exact) mass is 347 g/mol. The maximum Gasteiger partial charge on any atom is 0.431 e. The van der Waals surface area contributed by atoms with E-state index in [9.17, 15) is 22.4 Å². The highest BCUT2D eigenvalue weighted by molar-refractivity contribution is 6.31. The molecule has 2 heterocycles. The second-order valence-corrected chi connectivity index (χ2v) is 5.49. The van der Waals surface area contributed by atoms with Crippen molar-refractivity contribution >= 4 is 29.2 Å². The lowest BCUT2D eigenvalue weighted by Gasteiger charge is -2.35. The van der Waals surface area contributed by atoms with E-state index in [1.54, 1.807) is 6.92 Å². The third-order valence-electron chi connectivity index (χ3n) is 3.55. The Kier molecular flexibility index (Phi) is 3.59. The predicted octanol–water partition coefficient (Wildman–Crippen LogP) is 3.25. The third kappa shape index (κ3) is 2.56. The first-order chi connectivity index (χ1) is 10.7. The minimum absolute atomic E-state index is 0.0291. The molecule has 0 saturated carbocycles. The van der Waals surface area contributed by atoms with Gasteiger partial charge in [0.25, 0.3) is 5.91 Å². The maximum atomic E-state index is 14.2. The number of aliphatic imine (C=N–C) groups is 1. The number of allylic oxidation sites excluding steroid dienone is 1. The highest BCUT2D eigenvalue weighted by atomic mass is 35.5. The molecule has 0 N–H and O–H groups in total. The molecule has 0 saturated heterocycles. The standard InChI is InChI=1S/C14H10ClF4N3O/c1-7-4-10(9(16)5-8(7)15)22-12(23)6-11(14(17,18)19)21-3-2-20-13(21)22/h4-6H,2-3H2,1H3. The molecule has 1 amide bonds. The molecule has 2 aliphatic heterocycles. The summed E-state index contributed by atoms with van der Waals surface area (Å²) in [6.45, 7) is 1.66. The first-order valence-corrected chi connectivity index (χ1v) is 6.98. The number of hydrogen-bond acceptors (Lipinski definition) is 3. The van der Waals surface area contributed by atoms with E-state index in [0.717, 1.165) is 15.9 Å². The molecule has 0 aromatic heterocycles. The Morgan fingerprint density at radius 2 is 2.00 bits per heavy atom. The van der Waals surface area contributed by atoms with Gasteiger partial charge in [0.2, 0.25) is 5.96 Å². The van der Waals surface area contributed by atoms with Gasteiger partial charge in [-0.15, -0.1) is 0 Å². The zero-order valence-electron chi connectivity index (χ0n) is 11.8. The first-order valence-electron chi connectivity index (χ1n) is 6.61. The van der Waals surface area contributed by atoms with Crippen LogP contribution < -0.4 is 4.90 Å². The number of fused-ring (bicyclic) bond motifs is 1. The van der Waals surface area contributed by atoms with Crippen LogP contribution in [-0.4, -0.2) is 36.0 Å². The second-order valence-electron chi connectivity index (χ2n) is 5.09. The summed E-state index contributed by atoms with van der Waals surface area (Å²) >= 11 is 5.81. The molecular weight excluding hydrogens is 338 g/mol. The van der Waals surface area contributed by atoms with Crippen LogP contribution in [0.25, 0.3) is 0 Å². The number of benzene rings is 1. The molecule has 0 bridgehead atoms. The normalized spacial score (nSPS) is 18.1. The molecule has 2 aliphatic rings. The molecule has 9 heteroatoms. The Labute approximate surface area is 133 Å². The summed E-state index contributed by atoms with van der Waals surface area (Å²) in [4.78, 5) is 17.8. The molecule has 122 valence electrons. The van der Waals surface area contributed by atoms with Gasteiger partial charge in [-0.3, -0.25) is 9.79 Å². The predicted molar refractivity (Wildman–Crippen MR) is 76.8 cm³/mol. The van der Waals surface area contributed by atoms with Crippen LogP contribution in [0.4, 0.5) is 23.2 Å². The molecule has 1 aromatic rings. The molecule has 0 fully saturated rings. The second kappa shape index (κ2) is 5.23. The molecule has 4 nitrogen and oxygen atoms in total. The van der Waals surface area contributed by atoms with Crippen molar-refractivity contribution in [2.24, 2.45) is 4.99 Å². The number of carbonyl (C=O) groups is 1. The lowest BCUT2D eigenvalue weighted by atomic mass is 10.1. The number of halogens is 5. The van der Waals surface area contributed by atoms with E-state index in [2.05, 4.69) is 4.99 Å². The summed E-state index contributed by atoms with van der Waals surface area (Å²) in [5.74, 6) is -2.05. The highest BCUT2D eigenvalue weighted by Gasteiger charge is 2.46. The lowest BCUT2D eigenvalue weighted by Crippen LogP contribution is -2.51. The van der Waals surface area contributed by atoms with Gasteiger partial charge in [-0.05, 0) is 24.6 Å². The number of hydrogen-bond donors (Lipinski definition) is 0. The van der Waals surface area contributed by atoms with Gasteiger partial charge in [0.1, 0.15) is 11.5 Å². The summed E-state index contributed by atoms with van der Waals surface area (Å²) in [7, 11) is 0. The SMILES string of the molecule is Cc1cc(N2C(=O)C=C(C(F)(F)F)N3CCN=C32)c(F)cc1Cl. The summed E-state index contributed by atoms with van der Waals surface area (Å²) in [5.41, 5.74) is -0.785. The lowest BCUT2D eigenvalue weighted by molar-refractivity contribution is -0.119. The molecule has 0 radical (unpaired) electrons. The molecule has 0 unspecified atom stereocenters. The van der Waals surface area contributed by atoms with Gasteiger partial charge in [-0.1, -0.05) is 11.6 Å². The number of carbonyl (C=O) groups excluding carboxylic acids is 1. The highest BCUT2D eigenvalue weighted by Crippen LogP contribution is 2.36. The zero-order valence-corrected chi connectivity index (χ0v) is 12.5. The summed E-state index contributed by atoms with van der Waals surface area (Å²) in [6.07, 6.45) is -4.24. The largest absolute Gasteiger partial charge is 0.431 e. The van der Waals surface area contributed by atoms with Gasteiger partial charge >= 0.3 is 6.18 Å². The van der Waals surface area contributed by atoms with Crippen LogP contribution in [0.5, 0.6) is 0 Å². The van der Waals surface area contributed by atoms with Crippen LogP contribution in [0.1, 0.15) is 5.56 Å². The van der Waals surface area contributed by atoms with E-state index >= 15 is 0 Å². The molecule has 0 aliphatic carbocycles. The van der Waals surface area contributed by atoms with Crippen LogP contribution >= 0.6 is 11.6 Å². The van der Waals surface area contributed by atoms with E-state index in [1.165, 1.54) is 6.07 Å². The minimum atomic E-state index is -4.69. The molecule has 0 atom stereocenters. The number of nitrogens with zero attached hydrogens (tertiary/aromatic N) is 3. The number of aryl methyl sites for hydroxylation is 1. The topological polar surface area (TPSA) is 35.9 Å². The van der Waals surface area contributed by atoms with Gasteiger partial charge < -0.3 is 4.90 Å². The number of anilines is 1. The Balaban J connectivity index is 2.14. The van der Waals surface area contributed by atoms with Crippen molar-refractivity contribution in [2.75, 3.05) is 18.0 Å². The quantitative estimate of drug-likeness (QED) is 0.731. The smallest absolute Gasteiger partial charge is 0.305 e. The van der Waals surface area contributed by atoms with Crippen molar-refractivity contribution in [3.05, 3.63) is 40.3 Å². The Morgan fingerprint density at radius 1 is 1.30 bits per heavy atom. The van der Waals surface area contributed by atoms with Crippen molar-refractivity contribution in [3.63, 3.8) is 0 Å². The average Bonchev–Trinajstić information content (AvgIpc) is 2.90. The first kappa shape index (κ1) is 15.8. The number of alkyl halides is 3. The Morgan fingerprint density at radius 3 is 2.65 bits per heavy atom. The van der Waals surface area contributed by atoms with Gasteiger partial charge in [0.15, 0.2) is 0 Å². The molecular formula is C14H10ClF4N3O. The third-order valence-corrected chi connectivity index (χ3v) is 3.96. The molecule has 3 rings (SSSR count). The fraction of sp³-hybridized carbons (Fsp3) is 0.286. The Hall–Kier alpha value is -2.09. The van der Waals surface area contributed by atoms with E-state index in [0.29, 0.717) is 11.6 Å². The minimum Gasteiger partial charge on any atom is -0.305 e. The van der Waals surface area contributed by atoms with Crippen molar-refractivity contribution in [1.29, 1.82) is 0 Å². The van der Waals surface area contributed by atoms with Crippen LogP contribution in [0, 0.1) is 12.7 Å². The molecule has 0 spiro atoms. The van der Waals surface area contributed by atoms with E-state index in [1.807, 2.05) is 0 Å². The maximum absolute atomic E-state index is 14.2.